The Morgan fingerprint density at radius 2 is 2.00 bits per heavy atom. The molecule has 2 heterocycles. The standard InChI is InChI=1S/C15H10F3N3O2S/c16-15(17,18)10-3-1-2-4-11(10)21-12(22)7-23-13-9-5-6-24-14(9)20-8-19-13/h1-6,8H,7H2,(H,21,22). The zero-order valence-corrected chi connectivity index (χ0v) is 12.8. The van der Waals surface area contributed by atoms with E-state index in [1.54, 1.807) is 11.4 Å². The van der Waals surface area contributed by atoms with E-state index < -0.39 is 24.3 Å². The molecule has 1 aromatic carbocycles. The lowest BCUT2D eigenvalue weighted by Gasteiger charge is -2.13. The van der Waals surface area contributed by atoms with Crippen LogP contribution >= 0.6 is 11.3 Å². The molecular formula is C15H10F3N3O2S. The second-order valence-electron chi connectivity index (χ2n) is 4.70. The minimum Gasteiger partial charge on any atom is -0.467 e. The van der Waals surface area contributed by atoms with E-state index in [1.807, 2.05) is 0 Å². The molecule has 0 aliphatic heterocycles. The molecular weight excluding hydrogens is 343 g/mol. The average Bonchev–Trinajstić information content (AvgIpc) is 3.01. The summed E-state index contributed by atoms with van der Waals surface area (Å²) in [5.41, 5.74) is -1.23. The monoisotopic (exact) mass is 353 g/mol. The molecule has 0 saturated heterocycles. The van der Waals surface area contributed by atoms with E-state index in [0.29, 0.717) is 10.2 Å². The molecule has 3 aromatic rings. The number of thiophene rings is 1. The maximum atomic E-state index is 12.9. The van der Waals surface area contributed by atoms with Crippen molar-refractivity contribution in [3.63, 3.8) is 0 Å². The Hall–Kier alpha value is -2.68. The average molecular weight is 353 g/mol. The van der Waals surface area contributed by atoms with E-state index in [-0.39, 0.29) is 11.6 Å². The third kappa shape index (κ3) is 3.46. The van der Waals surface area contributed by atoms with Crippen LogP contribution in [0.5, 0.6) is 5.88 Å². The van der Waals surface area contributed by atoms with Gasteiger partial charge in [0.1, 0.15) is 11.2 Å². The summed E-state index contributed by atoms with van der Waals surface area (Å²) in [6.07, 6.45) is -3.26. The van der Waals surface area contributed by atoms with E-state index in [1.165, 1.54) is 35.9 Å². The van der Waals surface area contributed by atoms with Crippen LogP contribution in [0.3, 0.4) is 0 Å². The Morgan fingerprint density at radius 1 is 1.21 bits per heavy atom. The summed E-state index contributed by atoms with van der Waals surface area (Å²) in [5, 5.41) is 4.65. The third-order valence-electron chi connectivity index (χ3n) is 3.07. The fourth-order valence-corrected chi connectivity index (χ4v) is 2.77. The molecule has 0 aliphatic carbocycles. The van der Waals surface area contributed by atoms with E-state index >= 15 is 0 Å². The molecule has 1 N–H and O–H groups in total. The Kier molecular flexibility index (Phi) is 4.34. The molecule has 2 aromatic heterocycles. The smallest absolute Gasteiger partial charge is 0.418 e. The number of amides is 1. The molecule has 5 nitrogen and oxygen atoms in total. The van der Waals surface area contributed by atoms with Crippen molar-refractivity contribution >= 4 is 33.1 Å². The highest BCUT2D eigenvalue weighted by Gasteiger charge is 2.33. The molecule has 0 unspecified atom stereocenters. The molecule has 0 atom stereocenters. The highest BCUT2D eigenvalue weighted by molar-refractivity contribution is 7.16. The Morgan fingerprint density at radius 3 is 2.79 bits per heavy atom. The zero-order chi connectivity index (χ0) is 17.2. The molecule has 0 spiro atoms. The van der Waals surface area contributed by atoms with Crippen molar-refractivity contribution < 1.29 is 22.7 Å². The number of hydrogen-bond donors (Lipinski definition) is 1. The summed E-state index contributed by atoms with van der Waals surface area (Å²) in [5.74, 6) is -0.505. The van der Waals surface area contributed by atoms with Crippen LogP contribution in [-0.4, -0.2) is 22.5 Å². The van der Waals surface area contributed by atoms with Crippen molar-refractivity contribution in [2.75, 3.05) is 11.9 Å². The molecule has 0 bridgehead atoms. The number of para-hydroxylation sites is 1. The maximum absolute atomic E-state index is 12.9. The fraction of sp³-hybridized carbons (Fsp3) is 0.133. The number of ether oxygens (including phenoxy) is 1. The van der Waals surface area contributed by atoms with Gasteiger partial charge in [0.15, 0.2) is 6.61 Å². The Balaban J connectivity index is 1.70. The number of fused-ring (bicyclic) bond motifs is 1. The van der Waals surface area contributed by atoms with Crippen molar-refractivity contribution in [3.05, 3.63) is 47.6 Å². The van der Waals surface area contributed by atoms with Gasteiger partial charge in [-0.05, 0) is 23.6 Å². The van der Waals surface area contributed by atoms with E-state index in [4.69, 9.17) is 4.74 Å². The first-order chi connectivity index (χ1) is 11.4. The predicted octanol–water partition coefficient (Wildman–Crippen LogP) is 3.73. The molecule has 1 amide bonds. The fourth-order valence-electron chi connectivity index (χ4n) is 2.04. The first-order valence-electron chi connectivity index (χ1n) is 6.72. The summed E-state index contributed by atoms with van der Waals surface area (Å²) in [7, 11) is 0. The minimum atomic E-state index is -4.56. The van der Waals surface area contributed by atoms with Gasteiger partial charge in [-0.3, -0.25) is 4.79 Å². The first kappa shape index (κ1) is 16.2. The van der Waals surface area contributed by atoms with Gasteiger partial charge in [-0.1, -0.05) is 12.1 Å². The van der Waals surface area contributed by atoms with Gasteiger partial charge in [0.2, 0.25) is 5.88 Å². The molecule has 0 radical (unpaired) electrons. The van der Waals surface area contributed by atoms with Crippen LogP contribution in [-0.2, 0) is 11.0 Å². The number of aromatic nitrogens is 2. The van der Waals surface area contributed by atoms with Gasteiger partial charge < -0.3 is 10.1 Å². The number of halogens is 3. The molecule has 0 saturated carbocycles. The first-order valence-corrected chi connectivity index (χ1v) is 7.60. The molecule has 24 heavy (non-hydrogen) atoms. The van der Waals surface area contributed by atoms with Crippen LogP contribution < -0.4 is 10.1 Å². The molecule has 9 heteroatoms. The van der Waals surface area contributed by atoms with Crippen LogP contribution in [0.1, 0.15) is 5.56 Å². The van der Waals surface area contributed by atoms with E-state index in [0.717, 1.165) is 6.07 Å². The van der Waals surface area contributed by atoms with Crippen LogP contribution in [0.4, 0.5) is 18.9 Å². The number of carbonyl (C=O) groups excluding carboxylic acids is 1. The van der Waals surface area contributed by atoms with Crippen LogP contribution in [0.25, 0.3) is 10.2 Å². The van der Waals surface area contributed by atoms with Crippen LogP contribution in [0.15, 0.2) is 42.0 Å². The lowest BCUT2D eigenvalue weighted by Crippen LogP contribution is -2.22. The largest absolute Gasteiger partial charge is 0.467 e. The van der Waals surface area contributed by atoms with Gasteiger partial charge >= 0.3 is 6.18 Å². The second-order valence-corrected chi connectivity index (χ2v) is 5.59. The summed E-state index contributed by atoms with van der Waals surface area (Å²) in [4.78, 5) is 20.6. The predicted molar refractivity (Wildman–Crippen MR) is 83.0 cm³/mol. The third-order valence-corrected chi connectivity index (χ3v) is 3.89. The SMILES string of the molecule is O=C(COc1ncnc2sccc12)Nc1ccccc1C(F)(F)F. The number of benzene rings is 1. The number of nitrogens with one attached hydrogen (secondary N) is 1. The lowest BCUT2D eigenvalue weighted by molar-refractivity contribution is -0.137. The summed E-state index contributed by atoms with van der Waals surface area (Å²) in [6, 6.07) is 6.48. The van der Waals surface area contributed by atoms with Gasteiger partial charge in [-0.15, -0.1) is 11.3 Å². The topological polar surface area (TPSA) is 64.1 Å². The van der Waals surface area contributed by atoms with Crippen molar-refractivity contribution in [1.82, 2.24) is 9.97 Å². The number of carbonyl (C=O) groups is 1. The minimum absolute atomic E-state index is 0.209. The highest BCUT2D eigenvalue weighted by atomic mass is 32.1. The quantitative estimate of drug-likeness (QED) is 0.776. The van der Waals surface area contributed by atoms with E-state index in [2.05, 4.69) is 15.3 Å². The van der Waals surface area contributed by atoms with Crippen molar-refractivity contribution in [2.45, 2.75) is 6.18 Å². The molecule has 3 rings (SSSR count). The highest BCUT2D eigenvalue weighted by Crippen LogP contribution is 2.34. The Bertz CT molecular complexity index is 880. The summed E-state index contributed by atoms with van der Waals surface area (Å²) >= 11 is 1.39. The molecule has 0 fully saturated rings. The Labute approximate surface area is 138 Å². The van der Waals surface area contributed by atoms with E-state index in [9.17, 15) is 18.0 Å². The maximum Gasteiger partial charge on any atom is 0.418 e. The molecule has 0 aliphatic rings. The van der Waals surface area contributed by atoms with Crippen LogP contribution in [0, 0.1) is 0 Å². The number of hydrogen-bond acceptors (Lipinski definition) is 5. The van der Waals surface area contributed by atoms with Gasteiger partial charge in [-0.2, -0.15) is 13.2 Å². The summed E-state index contributed by atoms with van der Waals surface area (Å²) in [6.45, 7) is -0.464. The van der Waals surface area contributed by atoms with Crippen molar-refractivity contribution in [2.24, 2.45) is 0 Å². The second kappa shape index (κ2) is 6.44. The summed E-state index contributed by atoms with van der Waals surface area (Å²) < 4.78 is 44.0. The van der Waals surface area contributed by atoms with Gasteiger partial charge in [-0.25, -0.2) is 9.97 Å². The number of rotatable bonds is 4. The number of anilines is 1. The van der Waals surface area contributed by atoms with Gasteiger partial charge in [0, 0.05) is 0 Å². The van der Waals surface area contributed by atoms with Gasteiger partial charge in [0.05, 0.1) is 16.6 Å². The molecule has 124 valence electrons. The van der Waals surface area contributed by atoms with Crippen molar-refractivity contribution in [1.29, 1.82) is 0 Å². The lowest BCUT2D eigenvalue weighted by atomic mass is 10.1. The zero-order valence-electron chi connectivity index (χ0n) is 12.0. The van der Waals surface area contributed by atoms with Gasteiger partial charge in [0.25, 0.3) is 5.91 Å². The number of nitrogens with zero attached hydrogens (tertiary/aromatic N) is 2. The van der Waals surface area contributed by atoms with Crippen LogP contribution in [0.2, 0.25) is 0 Å². The van der Waals surface area contributed by atoms with Crippen molar-refractivity contribution in [3.8, 4) is 5.88 Å². The normalized spacial score (nSPS) is 11.5. The number of alkyl halides is 3.